The number of carbonyl (C=O) groups excluding carboxylic acids is 2. The van der Waals surface area contributed by atoms with Crippen molar-refractivity contribution in [3.05, 3.63) is 40.5 Å². The third-order valence-electron chi connectivity index (χ3n) is 5.10. The number of nitrogens with one attached hydrogen (secondary N) is 1. The summed E-state index contributed by atoms with van der Waals surface area (Å²) in [5, 5.41) is 3.55. The van der Waals surface area contributed by atoms with Crippen LogP contribution in [0.15, 0.2) is 24.4 Å². The van der Waals surface area contributed by atoms with Crippen LogP contribution in [-0.4, -0.2) is 41.0 Å². The third-order valence-corrected chi connectivity index (χ3v) is 6.46. The molecule has 3 heterocycles. The van der Waals surface area contributed by atoms with Crippen molar-refractivity contribution in [2.45, 2.75) is 45.6 Å². The summed E-state index contributed by atoms with van der Waals surface area (Å²) in [5.74, 6) is -0.197. The van der Waals surface area contributed by atoms with Gasteiger partial charge >= 0.3 is 5.97 Å². The van der Waals surface area contributed by atoms with Crippen molar-refractivity contribution < 1.29 is 14.3 Å². The van der Waals surface area contributed by atoms with E-state index in [-0.39, 0.29) is 23.8 Å². The average molecular weight is 404 g/mol. The predicted molar refractivity (Wildman–Crippen MR) is 112 cm³/mol. The third kappa shape index (κ3) is 4.47. The zero-order valence-electron chi connectivity index (χ0n) is 17.0. The normalized spacial score (nSPS) is 17.2. The largest absolute Gasteiger partial charge is 0.462 e. The lowest BCUT2D eigenvalue weighted by Crippen LogP contribution is -2.33. The molecule has 1 aliphatic rings. The monoisotopic (exact) mass is 403 g/mol. The summed E-state index contributed by atoms with van der Waals surface area (Å²) < 4.78 is 7.28. The van der Waals surface area contributed by atoms with E-state index < -0.39 is 0 Å². The van der Waals surface area contributed by atoms with Crippen LogP contribution in [0, 0.1) is 0 Å². The van der Waals surface area contributed by atoms with Gasteiger partial charge in [-0.1, -0.05) is 13.8 Å². The highest BCUT2D eigenvalue weighted by molar-refractivity contribution is 7.16. The van der Waals surface area contributed by atoms with Gasteiger partial charge in [-0.15, -0.1) is 11.3 Å². The second kappa shape index (κ2) is 8.92. The van der Waals surface area contributed by atoms with Crippen LogP contribution in [0.3, 0.4) is 0 Å². The molecule has 0 aliphatic carbocycles. The van der Waals surface area contributed by atoms with Gasteiger partial charge in [-0.05, 0) is 50.4 Å². The molecule has 0 bridgehead atoms. The maximum atomic E-state index is 12.8. The van der Waals surface area contributed by atoms with Crippen LogP contribution in [0.2, 0.25) is 0 Å². The fourth-order valence-electron chi connectivity index (χ4n) is 3.67. The number of aryl methyl sites for hydroxylation is 1. The minimum Gasteiger partial charge on any atom is -0.462 e. The lowest BCUT2D eigenvalue weighted by Gasteiger charge is -2.24. The molecule has 1 saturated heterocycles. The number of aromatic nitrogens is 1. The molecule has 1 atom stereocenters. The van der Waals surface area contributed by atoms with E-state index in [2.05, 4.69) is 34.7 Å². The van der Waals surface area contributed by atoms with E-state index in [0.29, 0.717) is 23.7 Å². The van der Waals surface area contributed by atoms with Crippen molar-refractivity contribution in [2.24, 2.45) is 7.05 Å². The Balaban J connectivity index is 1.72. The quantitative estimate of drug-likeness (QED) is 0.705. The first-order valence-corrected chi connectivity index (χ1v) is 10.7. The van der Waals surface area contributed by atoms with Crippen LogP contribution < -0.4 is 5.32 Å². The van der Waals surface area contributed by atoms with Crippen LogP contribution in [0.5, 0.6) is 0 Å². The highest BCUT2D eigenvalue weighted by Crippen LogP contribution is 2.34. The van der Waals surface area contributed by atoms with Crippen molar-refractivity contribution in [1.29, 1.82) is 0 Å². The summed E-state index contributed by atoms with van der Waals surface area (Å²) in [4.78, 5) is 28.3. The van der Waals surface area contributed by atoms with Gasteiger partial charge in [0.15, 0.2) is 0 Å². The summed E-state index contributed by atoms with van der Waals surface area (Å²) in [6.07, 6.45) is 4.17. The standard InChI is InChI=1S/C21H29N3O3S/c1-5-27-21(26)15-12-18(14(2)3)28-20(15)22-19(25)13-24-11-7-9-17(24)16-8-6-10-23(16)4/h6,8,10,12,14,17H,5,7,9,11,13H2,1-4H3,(H,22,25). The molecule has 2 aromatic rings. The Morgan fingerprint density at radius 1 is 1.39 bits per heavy atom. The van der Waals surface area contributed by atoms with Crippen molar-refractivity contribution in [1.82, 2.24) is 9.47 Å². The van der Waals surface area contributed by atoms with E-state index in [1.165, 1.54) is 17.0 Å². The molecular formula is C21H29N3O3S. The number of thiophene rings is 1. The van der Waals surface area contributed by atoms with Crippen LogP contribution in [0.25, 0.3) is 0 Å². The molecule has 0 aromatic carbocycles. The summed E-state index contributed by atoms with van der Waals surface area (Å²) in [5.41, 5.74) is 1.68. The van der Waals surface area contributed by atoms with Gasteiger partial charge in [-0.25, -0.2) is 4.79 Å². The van der Waals surface area contributed by atoms with E-state index in [0.717, 1.165) is 24.3 Å². The van der Waals surface area contributed by atoms with Crippen LogP contribution >= 0.6 is 11.3 Å². The zero-order chi connectivity index (χ0) is 20.3. The Morgan fingerprint density at radius 2 is 2.18 bits per heavy atom. The summed E-state index contributed by atoms with van der Waals surface area (Å²) in [7, 11) is 2.04. The summed E-state index contributed by atoms with van der Waals surface area (Å²) in [6.45, 7) is 7.44. The molecule has 1 N–H and O–H groups in total. The molecule has 28 heavy (non-hydrogen) atoms. The first kappa shape index (κ1) is 20.6. The fraction of sp³-hybridized carbons (Fsp3) is 0.524. The zero-order valence-corrected chi connectivity index (χ0v) is 17.8. The highest BCUT2D eigenvalue weighted by Gasteiger charge is 2.29. The number of anilines is 1. The predicted octanol–water partition coefficient (Wildman–Crippen LogP) is 4.16. The number of esters is 1. The van der Waals surface area contributed by atoms with Crippen molar-refractivity contribution in [2.75, 3.05) is 25.0 Å². The van der Waals surface area contributed by atoms with Crippen molar-refractivity contribution >= 4 is 28.2 Å². The molecule has 2 aromatic heterocycles. The van der Waals surface area contributed by atoms with Crippen molar-refractivity contribution in [3.8, 4) is 0 Å². The molecule has 1 aliphatic heterocycles. The maximum Gasteiger partial charge on any atom is 0.341 e. The topological polar surface area (TPSA) is 63.6 Å². The molecule has 1 amide bonds. The molecule has 1 fully saturated rings. The number of ether oxygens (including phenoxy) is 1. The van der Waals surface area contributed by atoms with E-state index in [9.17, 15) is 9.59 Å². The Hall–Kier alpha value is -2.12. The summed E-state index contributed by atoms with van der Waals surface area (Å²) >= 11 is 1.45. The Bertz CT molecular complexity index is 840. The van der Waals surface area contributed by atoms with Crippen molar-refractivity contribution in [3.63, 3.8) is 0 Å². The first-order valence-electron chi connectivity index (χ1n) is 9.86. The molecule has 6 nitrogen and oxygen atoms in total. The molecule has 0 radical (unpaired) electrons. The smallest absolute Gasteiger partial charge is 0.341 e. The number of nitrogens with zero attached hydrogens (tertiary/aromatic N) is 2. The van der Waals surface area contributed by atoms with E-state index in [1.807, 2.05) is 25.4 Å². The van der Waals surface area contributed by atoms with E-state index >= 15 is 0 Å². The SMILES string of the molecule is CCOC(=O)c1cc(C(C)C)sc1NC(=O)CN1CCCC1c1cccn1C. The van der Waals surface area contributed by atoms with E-state index in [4.69, 9.17) is 4.74 Å². The Morgan fingerprint density at radius 3 is 2.82 bits per heavy atom. The van der Waals surface area contributed by atoms with Gasteiger partial charge < -0.3 is 14.6 Å². The number of amides is 1. The molecular weight excluding hydrogens is 374 g/mol. The first-order chi connectivity index (χ1) is 13.4. The van der Waals surface area contributed by atoms with Gasteiger partial charge in [0.05, 0.1) is 24.8 Å². The number of likely N-dealkylation sites (tertiary alicyclic amines) is 1. The van der Waals surface area contributed by atoms with Gasteiger partial charge in [0.2, 0.25) is 5.91 Å². The number of hydrogen-bond acceptors (Lipinski definition) is 5. The average Bonchev–Trinajstić information content (AvgIpc) is 3.35. The van der Waals surface area contributed by atoms with Gasteiger partial charge in [0.25, 0.3) is 0 Å². The van der Waals surface area contributed by atoms with Gasteiger partial charge in [0.1, 0.15) is 5.00 Å². The molecule has 152 valence electrons. The Labute approximate surface area is 170 Å². The van der Waals surface area contributed by atoms with Gasteiger partial charge in [-0.2, -0.15) is 0 Å². The molecule has 0 saturated carbocycles. The number of hydrogen-bond donors (Lipinski definition) is 1. The molecule has 7 heteroatoms. The highest BCUT2D eigenvalue weighted by atomic mass is 32.1. The summed E-state index contributed by atoms with van der Waals surface area (Å²) in [6, 6.07) is 6.25. The number of rotatable bonds is 7. The van der Waals surface area contributed by atoms with E-state index in [1.54, 1.807) is 6.92 Å². The lowest BCUT2D eigenvalue weighted by atomic mass is 10.1. The molecule has 3 rings (SSSR count). The van der Waals surface area contributed by atoms with Gasteiger partial charge in [-0.3, -0.25) is 9.69 Å². The maximum absolute atomic E-state index is 12.8. The fourth-order valence-corrected chi connectivity index (χ4v) is 4.73. The van der Waals surface area contributed by atoms with Crippen LogP contribution in [0.1, 0.15) is 66.5 Å². The molecule has 0 spiro atoms. The second-order valence-electron chi connectivity index (χ2n) is 7.49. The minimum atomic E-state index is -0.385. The molecule has 1 unspecified atom stereocenters. The Kier molecular flexibility index (Phi) is 6.57. The lowest BCUT2D eigenvalue weighted by molar-refractivity contribution is -0.117. The number of carbonyl (C=O) groups is 2. The second-order valence-corrected chi connectivity index (χ2v) is 8.57. The minimum absolute atomic E-state index is 0.0937. The van der Waals surface area contributed by atoms with Crippen LogP contribution in [0.4, 0.5) is 5.00 Å². The van der Waals surface area contributed by atoms with Crippen LogP contribution in [-0.2, 0) is 16.6 Å². The van der Waals surface area contributed by atoms with Gasteiger partial charge in [0, 0.05) is 23.8 Å².